The van der Waals surface area contributed by atoms with Crippen LogP contribution in [0.5, 0.6) is 0 Å². The van der Waals surface area contributed by atoms with Gasteiger partial charge >= 0.3 is 6.18 Å². The van der Waals surface area contributed by atoms with Gasteiger partial charge in [0.2, 0.25) is 5.91 Å². The molecule has 0 aromatic heterocycles. The second-order valence-electron chi connectivity index (χ2n) is 6.20. The maximum Gasteiger partial charge on any atom is 0.416 e. The maximum absolute atomic E-state index is 13.9. The Balaban J connectivity index is 2.07. The van der Waals surface area contributed by atoms with Crippen molar-refractivity contribution in [3.8, 4) is 0 Å². The summed E-state index contributed by atoms with van der Waals surface area (Å²) in [6, 6.07) is 2.69. The number of carbonyl (C=O) groups excluding carboxylic acids is 1. The van der Waals surface area contributed by atoms with Crippen molar-refractivity contribution in [1.82, 2.24) is 10.2 Å². The number of alkyl halides is 3. The SMILES string of the molecule is CC(=O)NCC[C@@H]1CCCCN1Cc1cc(C(F)(F)F)ccc1F. The van der Waals surface area contributed by atoms with E-state index in [2.05, 4.69) is 5.32 Å². The first-order valence-electron chi connectivity index (χ1n) is 8.11. The van der Waals surface area contributed by atoms with Crippen LogP contribution in [0.1, 0.15) is 43.7 Å². The van der Waals surface area contributed by atoms with Gasteiger partial charge in [-0.2, -0.15) is 13.2 Å². The van der Waals surface area contributed by atoms with Crippen molar-refractivity contribution in [1.29, 1.82) is 0 Å². The van der Waals surface area contributed by atoms with Crippen LogP contribution in [0.2, 0.25) is 0 Å². The van der Waals surface area contributed by atoms with Gasteiger partial charge in [-0.1, -0.05) is 6.42 Å². The van der Waals surface area contributed by atoms with E-state index in [0.717, 1.165) is 44.0 Å². The Hall–Kier alpha value is -1.63. The molecule has 0 spiro atoms. The van der Waals surface area contributed by atoms with Crippen LogP contribution in [0.4, 0.5) is 17.6 Å². The van der Waals surface area contributed by atoms with Gasteiger partial charge < -0.3 is 5.32 Å². The Morgan fingerprint density at radius 2 is 2.08 bits per heavy atom. The van der Waals surface area contributed by atoms with Crippen LogP contribution >= 0.6 is 0 Å². The molecule has 2 rings (SSSR count). The van der Waals surface area contributed by atoms with Crippen LogP contribution in [0.25, 0.3) is 0 Å². The van der Waals surface area contributed by atoms with E-state index < -0.39 is 17.6 Å². The lowest BCUT2D eigenvalue weighted by atomic mass is 9.98. The largest absolute Gasteiger partial charge is 0.416 e. The second-order valence-corrected chi connectivity index (χ2v) is 6.20. The van der Waals surface area contributed by atoms with Gasteiger partial charge in [0.25, 0.3) is 0 Å². The number of hydrogen-bond acceptors (Lipinski definition) is 2. The van der Waals surface area contributed by atoms with Crippen molar-refractivity contribution in [2.24, 2.45) is 0 Å². The monoisotopic (exact) mass is 346 g/mol. The average molecular weight is 346 g/mol. The number of carbonyl (C=O) groups is 1. The molecule has 0 radical (unpaired) electrons. The van der Waals surface area contributed by atoms with Gasteiger partial charge in [0, 0.05) is 31.6 Å². The summed E-state index contributed by atoms with van der Waals surface area (Å²) in [6.07, 6.45) is -0.890. The number of nitrogens with one attached hydrogen (secondary N) is 1. The van der Waals surface area contributed by atoms with Gasteiger partial charge in [-0.05, 0) is 44.0 Å². The van der Waals surface area contributed by atoms with E-state index in [4.69, 9.17) is 0 Å². The average Bonchev–Trinajstić information content (AvgIpc) is 2.49. The molecular weight excluding hydrogens is 324 g/mol. The van der Waals surface area contributed by atoms with Crippen LogP contribution in [-0.4, -0.2) is 29.9 Å². The Bertz CT molecular complexity index is 574. The second kappa shape index (κ2) is 7.96. The summed E-state index contributed by atoms with van der Waals surface area (Å²) >= 11 is 0. The molecule has 1 N–H and O–H groups in total. The zero-order valence-corrected chi connectivity index (χ0v) is 13.6. The number of rotatable bonds is 5. The highest BCUT2D eigenvalue weighted by molar-refractivity contribution is 5.72. The van der Waals surface area contributed by atoms with Gasteiger partial charge in [0.05, 0.1) is 5.56 Å². The van der Waals surface area contributed by atoms with Gasteiger partial charge in [0.15, 0.2) is 0 Å². The van der Waals surface area contributed by atoms with Crippen molar-refractivity contribution in [3.63, 3.8) is 0 Å². The van der Waals surface area contributed by atoms with Crippen LogP contribution < -0.4 is 5.32 Å². The minimum atomic E-state index is -4.48. The number of nitrogens with zero attached hydrogens (tertiary/aromatic N) is 1. The first-order valence-corrected chi connectivity index (χ1v) is 8.11. The molecule has 0 aliphatic carbocycles. The van der Waals surface area contributed by atoms with Gasteiger partial charge in [-0.25, -0.2) is 4.39 Å². The van der Waals surface area contributed by atoms with Crippen molar-refractivity contribution < 1.29 is 22.4 Å². The summed E-state index contributed by atoms with van der Waals surface area (Å²) in [4.78, 5) is 13.0. The predicted octanol–water partition coefficient (Wildman–Crippen LogP) is 3.73. The molecule has 1 aromatic rings. The molecular formula is C17H22F4N2O. The van der Waals surface area contributed by atoms with E-state index >= 15 is 0 Å². The third-order valence-electron chi connectivity index (χ3n) is 4.35. The summed E-state index contributed by atoms with van der Waals surface area (Å²) in [5.74, 6) is -0.726. The molecule has 7 heteroatoms. The fourth-order valence-corrected chi connectivity index (χ4v) is 3.10. The Morgan fingerprint density at radius 3 is 2.75 bits per heavy atom. The first kappa shape index (κ1) is 18.7. The van der Waals surface area contributed by atoms with E-state index in [1.165, 1.54) is 6.92 Å². The Morgan fingerprint density at radius 1 is 1.33 bits per heavy atom. The maximum atomic E-state index is 13.9. The third kappa shape index (κ3) is 5.19. The van der Waals surface area contributed by atoms with Crippen molar-refractivity contribution in [3.05, 3.63) is 35.1 Å². The summed E-state index contributed by atoms with van der Waals surface area (Å²) in [7, 11) is 0. The molecule has 1 heterocycles. The molecule has 24 heavy (non-hydrogen) atoms. The van der Waals surface area contributed by atoms with E-state index in [-0.39, 0.29) is 24.1 Å². The van der Waals surface area contributed by atoms with Crippen molar-refractivity contribution in [2.75, 3.05) is 13.1 Å². The zero-order valence-electron chi connectivity index (χ0n) is 13.6. The van der Waals surface area contributed by atoms with Crippen molar-refractivity contribution in [2.45, 2.75) is 51.4 Å². The summed E-state index contributed by atoms with van der Waals surface area (Å²) < 4.78 is 52.4. The van der Waals surface area contributed by atoms with Crippen LogP contribution in [0, 0.1) is 5.82 Å². The number of benzene rings is 1. The molecule has 1 aliphatic rings. The van der Waals surface area contributed by atoms with Crippen LogP contribution in [-0.2, 0) is 17.5 Å². The van der Waals surface area contributed by atoms with E-state index in [1.807, 2.05) is 4.90 Å². The van der Waals surface area contributed by atoms with E-state index in [9.17, 15) is 22.4 Å². The highest BCUT2D eigenvalue weighted by Crippen LogP contribution is 2.31. The molecule has 134 valence electrons. The topological polar surface area (TPSA) is 32.3 Å². The summed E-state index contributed by atoms with van der Waals surface area (Å²) in [5.41, 5.74) is -0.762. The molecule has 1 aromatic carbocycles. The normalized spacial score (nSPS) is 19.3. The number of piperidine rings is 1. The fourth-order valence-electron chi connectivity index (χ4n) is 3.10. The Labute approximate surface area is 139 Å². The minimum Gasteiger partial charge on any atom is -0.356 e. The van der Waals surface area contributed by atoms with Gasteiger partial charge in [-0.3, -0.25) is 9.69 Å². The van der Waals surface area contributed by atoms with Crippen LogP contribution in [0.3, 0.4) is 0 Å². The highest BCUT2D eigenvalue weighted by atomic mass is 19.4. The molecule has 0 saturated carbocycles. The van der Waals surface area contributed by atoms with E-state index in [1.54, 1.807) is 0 Å². The molecule has 1 amide bonds. The lowest BCUT2D eigenvalue weighted by Crippen LogP contribution is -2.41. The standard InChI is InChI=1S/C17H22F4N2O/c1-12(24)22-8-7-15-4-2-3-9-23(15)11-13-10-14(17(19,20)21)5-6-16(13)18/h5-6,10,15H,2-4,7-9,11H2,1H3,(H,22,24)/t15-/m0/s1. The third-order valence-corrected chi connectivity index (χ3v) is 4.35. The van der Waals surface area contributed by atoms with Gasteiger partial charge in [-0.15, -0.1) is 0 Å². The number of amides is 1. The van der Waals surface area contributed by atoms with Crippen LogP contribution in [0.15, 0.2) is 18.2 Å². The highest BCUT2D eigenvalue weighted by Gasteiger charge is 2.31. The molecule has 1 aliphatic heterocycles. The molecule has 1 fully saturated rings. The number of hydrogen-bond donors (Lipinski definition) is 1. The fraction of sp³-hybridized carbons (Fsp3) is 0.588. The van der Waals surface area contributed by atoms with E-state index in [0.29, 0.717) is 13.0 Å². The molecule has 1 saturated heterocycles. The molecule has 0 bridgehead atoms. The predicted molar refractivity (Wildman–Crippen MR) is 82.8 cm³/mol. The molecule has 0 unspecified atom stereocenters. The quantitative estimate of drug-likeness (QED) is 0.824. The number of halogens is 4. The number of likely N-dealkylation sites (tertiary alicyclic amines) is 1. The minimum absolute atomic E-state index is 0.0660. The zero-order chi connectivity index (χ0) is 17.7. The smallest absolute Gasteiger partial charge is 0.356 e. The first-order chi connectivity index (χ1) is 11.3. The molecule has 1 atom stereocenters. The summed E-state index contributed by atoms with van der Waals surface area (Å²) in [5, 5.41) is 2.73. The van der Waals surface area contributed by atoms with Gasteiger partial charge in [0.1, 0.15) is 5.82 Å². The molecule has 3 nitrogen and oxygen atoms in total. The summed E-state index contributed by atoms with van der Waals surface area (Å²) in [6.45, 7) is 2.83. The lowest BCUT2D eigenvalue weighted by molar-refractivity contribution is -0.137. The lowest BCUT2D eigenvalue weighted by Gasteiger charge is -2.36. The van der Waals surface area contributed by atoms with Crippen molar-refractivity contribution >= 4 is 5.91 Å². The Kier molecular flexibility index (Phi) is 6.21.